The number of hydrogen-bond donors (Lipinski definition) is 1. The minimum absolute atomic E-state index is 0.159. The molecular weight excluding hydrogens is 186 g/mol. The van der Waals surface area contributed by atoms with Crippen molar-refractivity contribution >= 4 is 5.78 Å². The van der Waals surface area contributed by atoms with E-state index in [1.807, 2.05) is 19.9 Å². The number of hydrogen-bond acceptors (Lipinski definition) is 2. The Balaban J connectivity index is 2.21. The number of allylic oxidation sites excluding steroid dienone is 5. The van der Waals surface area contributed by atoms with Crippen LogP contribution >= 0.6 is 0 Å². The smallest absolute Gasteiger partial charge is 0.187 e. The molecule has 0 aromatic rings. The van der Waals surface area contributed by atoms with E-state index in [4.69, 9.17) is 0 Å². The predicted octanol–water partition coefficient (Wildman–Crippen LogP) is 1.96. The summed E-state index contributed by atoms with van der Waals surface area (Å²) in [5.41, 5.74) is 3.52. The van der Waals surface area contributed by atoms with Crippen molar-refractivity contribution in [3.05, 3.63) is 35.1 Å². The molecule has 0 bridgehead atoms. The second-order valence-electron chi connectivity index (χ2n) is 4.58. The van der Waals surface area contributed by atoms with Crippen molar-refractivity contribution in [2.45, 2.75) is 20.3 Å². The minimum Gasteiger partial charge on any atom is -0.387 e. The molecule has 1 saturated heterocycles. The van der Waals surface area contributed by atoms with E-state index in [0.29, 0.717) is 0 Å². The predicted molar refractivity (Wildman–Crippen MR) is 59.1 cm³/mol. The molecule has 0 radical (unpaired) electrons. The van der Waals surface area contributed by atoms with Crippen LogP contribution in [0.1, 0.15) is 20.3 Å². The van der Waals surface area contributed by atoms with Gasteiger partial charge in [-0.15, -0.1) is 0 Å². The SMILES string of the molecule is CC=C1/C(=C\C)C(=O)C=C2NCC3CC213. The Morgan fingerprint density at radius 1 is 1.47 bits per heavy atom. The molecule has 2 aliphatic carbocycles. The first-order valence-corrected chi connectivity index (χ1v) is 5.58. The maximum Gasteiger partial charge on any atom is 0.187 e. The molecule has 1 heterocycles. The fourth-order valence-corrected chi connectivity index (χ4v) is 3.24. The fourth-order valence-electron chi connectivity index (χ4n) is 3.24. The third kappa shape index (κ3) is 0.876. The number of rotatable bonds is 0. The van der Waals surface area contributed by atoms with Crippen molar-refractivity contribution in [1.29, 1.82) is 0 Å². The van der Waals surface area contributed by atoms with E-state index in [9.17, 15) is 4.79 Å². The van der Waals surface area contributed by atoms with Gasteiger partial charge in [0.15, 0.2) is 5.78 Å². The fraction of sp³-hybridized carbons (Fsp3) is 0.462. The summed E-state index contributed by atoms with van der Waals surface area (Å²) in [5, 5.41) is 3.36. The molecule has 15 heavy (non-hydrogen) atoms. The molecule has 2 atom stereocenters. The van der Waals surface area contributed by atoms with Crippen molar-refractivity contribution in [3.63, 3.8) is 0 Å². The van der Waals surface area contributed by atoms with Crippen molar-refractivity contribution in [1.82, 2.24) is 5.32 Å². The summed E-state index contributed by atoms with van der Waals surface area (Å²) >= 11 is 0. The second-order valence-corrected chi connectivity index (χ2v) is 4.58. The number of carbonyl (C=O) groups is 1. The molecule has 1 saturated carbocycles. The zero-order valence-electron chi connectivity index (χ0n) is 9.13. The van der Waals surface area contributed by atoms with Crippen LogP contribution in [0.25, 0.3) is 0 Å². The van der Waals surface area contributed by atoms with E-state index in [1.54, 1.807) is 6.08 Å². The van der Waals surface area contributed by atoms with Gasteiger partial charge in [0.1, 0.15) is 0 Å². The lowest BCUT2D eigenvalue weighted by atomic mass is 9.79. The van der Waals surface area contributed by atoms with Crippen molar-refractivity contribution in [3.8, 4) is 0 Å². The molecule has 78 valence electrons. The second kappa shape index (κ2) is 2.63. The third-order valence-corrected chi connectivity index (χ3v) is 4.01. The van der Waals surface area contributed by atoms with Crippen molar-refractivity contribution in [2.75, 3.05) is 6.54 Å². The van der Waals surface area contributed by atoms with E-state index in [-0.39, 0.29) is 11.2 Å². The summed E-state index contributed by atoms with van der Waals surface area (Å²) < 4.78 is 0. The lowest BCUT2D eigenvalue weighted by Gasteiger charge is -2.25. The molecule has 1 spiro atoms. The third-order valence-electron chi connectivity index (χ3n) is 4.01. The van der Waals surface area contributed by atoms with Crippen LogP contribution in [0.15, 0.2) is 35.1 Å². The molecule has 0 aromatic heterocycles. The maximum atomic E-state index is 11.9. The molecule has 2 nitrogen and oxygen atoms in total. The van der Waals surface area contributed by atoms with Crippen LogP contribution in [-0.2, 0) is 4.79 Å². The summed E-state index contributed by atoms with van der Waals surface area (Å²) in [6, 6.07) is 0. The van der Waals surface area contributed by atoms with Gasteiger partial charge in [-0.3, -0.25) is 4.79 Å². The first-order chi connectivity index (χ1) is 7.24. The highest BCUT2D eigenvalue weighted by atomic mass is 16.1. The highest BCUT2D eigenvalue weighted by molar-refractivity contribution is 6.10. The molecule has 1 aliphatic heterocycles. The van der Waals surface area contributed by atoms with Crippen LogP contribution in [0.2, 0.25) is 0 Å². The Kier molecular flexibility index (Phi) is 1.57. The highest BCUT2D eigenvalue weighted by Gasteiger charge is 2.64. The first-order valence-electron chi connectivity index (χ1n) is 5.58. The summed E-state index contributed by atoms with van der Waals surface area (Å²) in [5.74, 6) is 0.879. The minimum atomic E-state index is 0.159. The molecule has 2 unspecified atom stereocenters. The summed E-state index contributed by atoms with van der Waals surface area (Å²) in [7, 11) is 0. The standard InChI is InChI=1S/C13H15NO/c1-3-9-10(4-2)13-6-8(13)7-14-12(13)5-11(9)15/h3-5,8,14H,6-7H2,1-2H3/b9-3+,10-4?. The Bertz CT molecular complexity index is 441. The Morgan fingerprint density at radius 2 is 2.27 bits per heavy atom. The molecule has 0 amide bonds. The molecule has 0 aromatic carbocycles. The summed E-state index contributed by atoms with van der Waals surface area (Å²) in [6.07, 6.45) is 7.09. The van der Waals surface area contributed by atoms with E-state index in [1.165, 1.54) is 12.0 Å². The molecule has 2 fully saturated rings. The van der Waals surface area contributed by atoms with Crippen molar-refractivity contribution in [2.24, 2.45) is 11.3 Å². The van der Waals surface area contributed by atoms with Gasteiger partial charge in [-0.25, -0.2) is 0 Å². The van der Waals surface area contributed by atoms with Gasteiger partial charge in [-0.05, 0) is 31.8 Å². The van der Waals surface area contributed by atoms with Gasteiger partial charge in [0, 0.05) is 29.3 Å². The zero-order valence-corrected chi connectivity index (χ0v) is 9.13. The van der Waals surface area contributed by atoms with Gasteiger partial charge >= 0.3 is 0 Å². The normalized spacial score (nSPS) is 42.4. The van der Waals surface area contributed by atoms with Crippen LogP contribution in [0.4, 0.5) is 0 Å². The van der Waals surface area contributed by atoms with Crippen LogP contribution in [-0.4, -0.2) is 12.3 Å². The van der Waals surface area contributed by atoms with Crippen LogP contribution in [0, 0.1) is 11.3 Å². The Morgan fingerprint density at radius 3 is 2.87 bits per heavy atom. The van der Waals surface area contributed by atoms with Gasteiger partial charge in [0.25, 0.3) is 0 Å². The van der Waals surface area contributed by atoms with E-state index in [0.717, 1.165) is 23.7 Å². The van der Waals surface area contributed by atoms with Crippen LogP contribution < -0.4 is 5.32 Å². The average Bonchev–Trinajstić information content (AvgIpc) is 2.85. The van der Waals surface area contributed by atoms with Crippen LogP contribution in [0.3, 0.4) is 0 Å². The van der Waals surface area contributed by atoms with Gasteiger partial charge < -0.3 is 5.32 Å². The summed E-state index contributed by atoms with van der Waals surface area (Å²) in [4.78, 5) is 11.9. The summed E-state index contributed by atoms with van der Waals surface area (Å²) in [6.45, 7) is 5.02. The average molecular weight is 201 g/mol. The number of carbonyl (C=O) groups excluding carboxylic acids is 1. The van der Waals surface area contributed by atoms with E-state index in [2.05, 4.69) is 11.4 Å². The maximum absolute atomic E-state index is 11.9. The van der Waals surface area contributed by atoms with Gasteiger partial charge in [0.2, 0.25) is 0 Å². The molecular formula is C13H15NO. The highest BCUT2D eigenvalue weighted by Crippen LogP contribution is 2.67. The van der Waals surface area contributed by atoms with Crippen molar-refractivity contribution < 1.29 is 4.79 Å². The van der Waals surface area contributed by atoms with Gasteiger partial charge in [-0.1, -0.05) is 12.2 Å². The number of nitrogens with one attached hydrogen (secondary N) is 1. The number of ketones is 1. The van der Waals surface area contributed by atoms with Crippen LogP contribution in [0.5, 0.6) is 0 Å². The Labute approximate surface area is 89.7 Å². The van der Waals surface area contributed by atoms with Gasteiger partial charge in [0.05, 0.1) is 0 Å². The molecule has 2 heteroatoms. The molecule has 1 N–H and O–H groups in total. The van der Waals surface area contributed by atoms with Gasteiger partial charge in [-0.2, -0.15) is 0 Å². The monoisotopic (exact) mass is 201 g/mol. The largest absolute Gasteiger partial charge is 0.387 e. The van der Waals surface area contributed by atoms with E-state index < -0.39 is 0 Å². The lowest BCUT2D eigenvalue weighted by Crippen LogP contribution is -2.24. The zero-order chi connectivity index (χ0) is 10.6. The Hall–Kier alpha value is -1.31. The van der Waals surface area contributed by atoms with E-state index >= 15 is 0 Å². The topological polar surface area (TPSA) is 29.1 Å². The lowest BCUT2D eigenvalue weighted by molar-refractivity contribution is -0.111. The first kappa shape index (κ1) is 8.96. The molecule has 3 rings (SSSR count). The quantitative estimate of drug-likeness (QED) is 0.607. The number of piperidine rings is 1. The molecule has 3 aliphatic rings.